The molecule has 0 aliphatic rings. The van der Waals surface area contributed by atoms with Crippen LogP contribution < -0.4 is 14.8 Å². The van der Waals surface area contributed by atoms with Crippen molar-refractivity contribution in [3.63, 3.8) is 0 Å². The highest BCUT2D eigenvalue weighted by Gasteiger charge is 2.18. The molecule has 124 valence electrons. The Morgan fingerprint density at radius 2 is 1.73 bits per heavy atom. The van der Waals surface area contributed by atoms with E-state index in [-0.39, 0.29) is 12.1 Å². The summed E-state index contributed by atoms with van der Waals surface area (Å²) in [6.07, 6.45) is 0.967. The van der Waals surface area contributed by atoms with Crippen LogP contribution in [0.4, 0.5) is 10.5 Å². The smallest absolute Gasteiger partial charge is 0.321 e. The van der Waals surface area contributed by atoms with Crippen LogP contribution in [0.25, 0.3) is 0 Å². The molecule has 0 fully saturated rings. The van der Waals surface area contributed by atoms with E-state index < -0.39 is 0 Å². The van der Waals surface area contributed by atoms with E-state index in [1.807, 2.05) is 20.0 Å². The van der Waals surface area contributed by atoms with Gasteiger partial charge in [0.15, 0.2) is 11.5 Å². The molecule has 0 bridgehead atoms. The summed E-state index contributed by atoms with van der Waals surface area (Å²) >= 11 is 0. The number of amides is 2. The number of carbonyl (C=O) groups excluding carboxylic acids is 1. The summed E-state index contributed by atoms with van der Waals surface area (Å²) < 4.78 is 10.5. The van der Waals surface area contributed by atoms with E-state index >= 15 is 0 Å². The third-order valence-corrected chi connectivity index (χ3v) is 3.77. The van der Waals surface area contributed by atoms with E-state index in [2.05, 4.69) is 26.1 Å². The monoisotopic (exact) mass is 308 g/mol. The number of hydrogen-bond donors (Lipinski definition) is 1. The Labute approximate surface area is 133 Å². The Hall–Kier alpha value is -1.91. The summed E-state index contributed by atoms with van der Waals surface area (Å²) in [5, 5.41) is 2.94. The summed E-state index contributed by atoms with van der Waals surface area (Å²) in [6, 6.07) is 3.70. The van der Waals surface area contributed by atoms with Crippen LogP contribution in [0.1, 0.15) is 32.8 Å². The minimum Gasteiger partial charge on any atom is -0.493 e. The molecule has 1 N–H and O–H groups in total. The van der Waals surface area contributed by atoms with Crippen LogP contribution in [0.5, 0.6) is 11.5 Å². The first kappa shape index (κ1) is 18.1. The van der Waals surface area contributed by atoms with Crippen molar-refractivity contribution in [2.24, 2.45) is 5.92 Å². The topological polar surface area (TPSA) is 50.8 Å². The Balaban J connectivity index is 2.88. The second-order valence-electron chi connectivity index (χ2n) is 6.04. The van der Waals surface area contributed by atoms with Gasteiger partial charge in [-0.1, -0.05) is 13.8 Å². The second kappa shape index (κ2) is 7.92. The van der Waals surface area contributed by atoms with Crippen molar-refractivity contribution in [2.75, 3.05) is 26.6 Å². The first-order valence-electron chi connectivity index (χ1n) is 7.56. The molecule has 0 spiro atoms. The molecule has 0 heterocycles. The number of hydrogen-bond acceptors (Lipinski definition) is 3. The first-order chi connectivity index (χ1) is 10.3. The number of methoxy groups -OCH3 is 2. The molecule has 2 amide bonds. The number of rotatable bonds is 6. The molecule has 0 saturated heterocycles. The number of urea groups is 1. The number of nitrogens with one attached hydrogen (secondary N) is 1. The molecular formula is C17H28N2O3. The van der Waals surface area contributed by atoms with E-state index in [0.29, 0.717) is 17.4 Å². The lowest BCUT2D eigenvalue weighted by Crippen LogP contribution is -2.39. The SMILES string of the molecule is COc1cc(C)c(NC(=O)N(C)[C@@H](C)CC(C)C)cc1OC. The summed E-state index contributed by atoms with van der Waals surface area (Å²) in [7, 11) is 4.99. The van der Waals surface area contributed by atoms with Gasteiger partial charge in [-0.3, -0.25) is 0 Å². The van der Waals surface area contributed by atoms with Crippen molar-refractivity contribution in [1.82, 2.24) is 4.90 Å². The maximum atomic E-state index is 12.4. The highest BCUT2D eigenvalue weighted by Crippen LogP contribution is 2.33. The van der Waals surface area contributed by atoms with E-state index in [1.165, 1.54) is 0 Å². The van der Waals surface area contributed by atoms with Crippen LogP contribution in [-0.2, 0) is 0 Å². The molecule has 1 aromatic rings. The van der Waals surface area contributed by atoms with Crippen LogP contribution in [0, 0.1) is 12.8 Å². The van der Waals surface area contributed by atoms with Crippen molar-refractivity contribution in [2.45, 2.75) is 40.2 Å². The number of benzene rings is 1. The molecule has 5 nitrogen and oxygen atoms in total. The molecule has 0 saturated carbocycles. The lowest BCUT2D eigenvalue weighted by Gasteiger charge is -2.27. The Bertz CT molecular complexity index is 515. The van der Waals surface area contributed by atoms with Crippen LogP contribution in [0.2, 0.25) is 0 Å². The van der Waals surface area contributed by atoms with E-state index in [4.69, 9.17) is 9.47 Å². The van der Waals surface area contributed by atoms with Crippen LogP contribution in [-0.4, -0.2) is 38.2 Å². The van der Waals surface area contributed by atoms with E-state index in [0.717, 1.165) is 17.7 Å². The summed E-state index contributed by atoms with van der Waals surface area (Å²) in [6.45, 7) is 8.29. The Kier molecular flexibility index (Phi) is 6.53. The predicted molar refractivity (Wildman–Crippen MR) is 90.0 cm³/mol. The maximum Gasteiger partial charge on any atom is 0.321 e. The van der Waals surface area contributed by atoms with E-state index in [1.54, 1.807) is 25.2 Å². The average molecular weight is 308 g/mol. The molecule has 1 rings (SSSR count). The Morgan fingerprint density at radius 1 is 1.18 bits per heavy atom. The zero-order valence-corrected chi connectivity index (χ0v) is 14.7. The van der Waals surface area contributed by atoms with Crippen LogP contribution in [0.3, 0.4) is 0 Å². The van der Waals surface area contributed by atoms with Crippen molar-refractivity contribution in [1.29, 1.82) is 0 Å². The van der Waals surface area contributed by atoms with Gasteiger partial charge in [-0.2, -0.15) is 0 Å². The van der Waals surface area contributed by atoms with Gasteiger partial charge in [0.25, 0.3) is 0 Å². The van der Waals surface area contributed by atoms with Gasteiger partial charge in [-0.05, 0) is 37.8 Å². The second-order valence-corrected chi connectivity index (χ2v) is 6.04. The van der Waals surface area contributed by atoms with Gasteiger partial charge in [0.2, 0.25) is 0 Å². The summed E-state index contributed by atoms with van der Waals surface area (Å²) in [4.78, 5) is 14.1. The van der Waals surface area contributed by atoms with Gasteiger partial charge in [-0.15, -0.1) is 0 Å². The van der Waals surface area contributed by atoms with Gasteiger partial charge in [-0.25, -0.2) is 4.79 Å². The minimum atomic E-state index is -0.122. The molecule has 5 heteroatoms. The van der Waals surface area contributed by atoms with Gasteiger partial charge >= 0.3 is 6.03 Å². The highest BCUT2D eigenvalue weighted by molar-refractivity contribution is 5.90. The van der Waals surface area contributed by atoms with Gasteiger partial charge in [0.05, 0.1) is 14.2 Å². The molecule has 0 radical (unpaired) electrons. The molecule has 0 unspecified atom stereocenters. The van der Waals surface area contributed by atoms with Crippen molar-refractivity contribution in [3.05, 3.63) is 17.7 Å². The van der Waals surface area contributed by atoms with Gasteiger partial charge in [0, 0.05) is 24.8 Å². The molecular weight excluding hydrogens is 280 g/mol. The lowest BCUT2D eigenvalue weighted by atomic mass is 10.0. The zero-order valence-electron chi connectivity index (χ0n) is 14.7. The number of ether oxygens (including phenoxy) is 2. The van der Waals surface area contributed by atoms with E-state index in [9.17, 15) is 4.79 Å². The van der Waals surface area contributed by atoms with Crippen molar-refractivity contribution >= 4 is 11.7 Å². The normalized spacial score (nSPS) is 12.0. The molecule has 1 aromatic carbocycles. The maximum absolute atomic E-state index is 12.4. The van der Waals surface area contributed by atoms with Crippen molar-refractivity contribution in [3.8, 4) is 11.5 Å². The lowest BCUT2D eigenvalue weighted by molar-refractivity contribution is 0.200. The number of nitrogens with zero attached hydrogens (tertiary/aromatic N) is 1. The molecule has 0 aliphatic heterocycles. The first-order valence-corrected chi connectivity index (χ1v) is 7.56. The third kappa shape index (κ3) is 4.55. The average Bonchev–Trinajstić information content (AvgIpc) is 2.47. The predicted octanol–water partition coefficient (Wildman–Crippen LogP) is 3.91. The fourth-order valence-corrected chi connectivity index (χ4v) is 2.36. The molecule has 1 atom stereocenters. The number of carbonyl (C=O) groups is 1. The molecule has 0 aromatic heterocycles. The van der Waals surface area contributed by atoms with Crippen LogP contribution in [0.15, 0.2) is 12.1 Å². The third-order valence-electron chi connectivity index (χ3n) is 3.77. The van der Waals surface area contributed by atoms with Gasteiger partial charge in [0.1, 0.15) is 0 Å². The van der Waals surface area contributed by atoms with Crippen LogP contribution >= 0.6 is 0 Å². The number of anilines is 1. The summed E-state index contributed by atoms with van der Waals surface area (Å²) in [5.41, 5.74) is 1.65. The minimum absolute atomic E-state index is 0.122. The largest absolute Gasteiger partial charge is 0.493 e. The quantitative estimate of drug-likeness (QED) is 0.867. The molecule has 22 heavy (non-hydrogen) atoms. The van der Waals surface area contributed by atoms with Crippen molar-refractivity contribution < 1.29 is 14.3 Å². The molecule has 0 aliphatic carbocycles. The van der Waals surface area contributed by atoms with Gasteiger partial charge < -0.3 is 19.7 Å². The fourth-order valence-electron chi connectivity index (χ4n) is 2.36. The standard InChI is InChI=1S/C17H28N2O3/c1-11(2)8-13(4)19(5)17(20)18-14-10-16(22-7)15(21-6)9-12(14)3/h9-11,13H,8H2,1-7H3,(H,18,20)/t13-/m0/s1. The number of aryl methyl sites for hydroxylation is 1. The summed E-state index contributed by atoms with van der Waals surface area (Å²) in [5.74, 6) is 1.80. The fraction of sp³-hybridized carbons (Fsp3) is 0.588. The zero-order chi connectivity index (χ0) is 16.9. The highest BCUT2D eigenvalue weighted by atomic mass is 16.5. The Morgan fingerprint density at radius 3 is 2.23 bits per heavy atom.